The molecule has 0 radical (unpaired) electrons. The summed E-state index contributed by atoms with van der Waals surface area (Å²) in [5.74, 6) is 2.62. The van der Waals surface area contributed by atoms with Gasteiger partial charge < -0.3 is 19.3 Å². The maximum absolute atomic E-state index is 11.4. The molecule has 2 aromatic carbocycles. The number of nitrogens with zero attached hydrogens (tertiary/aromatic N) is 1. The maximum Gasteiger partial charge on any atom is 0.161 e. The Balaban J connectivity index is 1.74. The Labute approximate surface area is 165 Å². The predicted octanol–water partition coefficient (Wildman–Crippen LogP) is 3.40. The molecule has 2 unspecified atom stereocenters. The lowest BCUT2D eigenvalue weighted by Gasteiger charge is -2.48. The van der Waals surface area contributed by atoms with Gasteiger partial charge in [-0.2, -0.15) is 0 Å². The molecule has 28 heavy (non-hydrogen) atoms. The van der Waals surface area contributed by atoms with Crippen molar-refractivity contribution in [2.75, 3.05) is 34.4 Å². The molecule has 5 nitrogen and oxygen atoms in total. The number of methoxy groups -OCH3 is 3. The number of ether oxygens (including phenoxy) is 3. The minimum atomic E-state index is -0.366. The second-order valence-electron chi connectivity index (χ2n) is 8.08. The molecule has 2 saturated heterocycles. The highest BCUT2D eigenvalue weighted by molar-refractivity contribution is 5.79. The molecule has 2 aliphatic heterocycles. The summed E-state index contributed by atoms with van der Waals surface area (Å²) in [6.07, 6.45) is 1.87. The number of aliphatic hydroxyl groups is 1. The zero-order chi connectivity index (χ0) is 19.4. The van der Waals surface area contributed by atoms with Crippen molar-refractivity contribution in [2.45, 2.75) is 36.8 Å². The largest absolute Gasteiger partial charge is 0.497 e. The summed E-state index contributed by atoms with van der Waals surface area (Å²) in [5, 5.41) is 11.4. The van der Waals surface area contributed by atoms with Crippen LogP contribution in [0.25, 0.3) is 11.1 Å². The van der Waals surface area contributed by atoms with Gasteiger partial charge in [-0.1, -0.05) is 6.07 Å². The molecule has 5 rings (SSSR count). The van der Waals surface area contributed by atoms with E-state index >= 15 is 0 Å². The number of aliphatic hydroxyl groups excluding tert-OH is 1. The van der Waals surface area contributed by atoms with Gasteiger partial charge in [-0.15, -0.1) is 0 Å². The Morgan fingerprint density at radius 1 is 0.929 bits per heavy atom. The molecule has 5 heteroatoms. The van der Waals surface area contributed by atoms with Gasteiger partial charge in [-0.05, 0) is 65.9 Å². The molecule has 0 aromatic heterocycles. The number of rotatable bonds is 3. The third-order valence-electron chi connectivity index (χ3n) is 6.91. The first kappa shape index (κ1) is 17.8. The fourth-order valence-corrected chi connectivity index (χ4v) is 5.62. The summed E-state index contributed by atoms with van der Waals surface area (Å²) in [7, 11) is 5.03. The number of piperidine rings is 1. The molecule has 3 aliphatic rings. The highest BCUT2D eigenvalue weighted by Gasteiger charge is 2.48. The summed E-state index contributed by atoms with van der Waals surface area (Å²) in [5.41, 5.74) is 4.72. The molecule has 4 atom stereocenters. The number of benzene rings is 2. The second kappa shape index (κ2) is 6.68. The van der Waals surface area contributed by atoms with E-state index in [2.05, 4.69) is 29.2 Å². The average Bonchev–Trinajstić information content (AvgIpc) is 3.21. The molecule has 2 heterocycles. The van der Waals surface area contributed by atoms with Crippen LogP contribution in [0, 0.1) is 0 Å². The smallest absolute Gasteiger partial charge is 0.161 e. The summed E-state index contributed by atoms with van der Waals surface area (Å²) in [4.78, 5) is 2.47. The second-order valence-corrected chi connectivity index (χ2v) is 8.08. The van der Waals surface area contributed by atoms with Gasteiger partial charge in [0.15, 0.2) is 11.5 Å². The third kappa shape index (κ3) is 2.46. The van der Waals surface area contributed by atoms with Crippen LogP contribution in [-0.4, -0.2) is 56.6 Å². The van der Waals surface area contributed by atoms with Gasteiger partial charge in [0, 0.05) is 24.4 Å². The fourth-order valence-electron chi connectivity index (χ4n) is 5.62. The molecule has 0 amide bonds. The van der Waals surface area contributed by atoms with Crippen LogP contribution >= 0.6 is 0 Å². The van der Waals surface area contributed by atoms with Crippen LogP contribution in [0.3, 0.4) is 0 Å². The van der Waals surface area contributed by atoms with Crippen molar-refractivity contribution < 1.29 is 19.3 Å². The molecule has 0 spiro atoms. The van der Waals surface area contributed by atoms with E-state index in [9.17, 15) is 5.11 Å². The van der Waals surface area contributed by atoms with Gasteiger partial charge in [-0.3, -0.25) is 4.90 Å². The van der Waals surface area contributed by atoms with E-state index in [-0.39, 0.29) is 24.0 Å². The first-order valence-corrected chi connectivity index (χ1v) is 10.0. The van der Waals surface area contributed by atoms with Crippen LogP contribution < -0.4 is 14.2 Å². The number of fused-ring (bicyclic) bond motifs is 7. The standard InChI is InChI=1S/C23H27NO4/c1-26-13-6-7-14-15(9-13)16-10-20(27-2)21(28-3)11-17(16)18-12-24-8-4-5-19(24)23(25)22(14)18/h6-7,9-11,18-19,22-23,25H,4-5,8,12H2,1-3H3/t18?,19-,22?,23+/m0/s1. The molecular weight excluding hydrogens is 354 g/mol. The Hall–Kier alpha value is -2.24. The van der Waals surface area contributed by atoms with Crippen molar-refractivity contribution >= 4 is 0 Å². The number of hydrogen-bond acceptors (Lipinski definition) is 5. The Morgan fingerprint density at radius 2 is 1.68 bits per heavy atom. The van der Waals surface area contributed by atoms with Gasteiger partial charge in [-0.25, -0.2) is 0 Å². The summed E-state index contributed by atoms with van der Waals surface area (Å²) >= 11 is 0. The Kier molecular flexibility index (Phi) is 4.25. The van der Waals surface area contributed by atoms with Crippen molar-refractivity contribution in [1.82, 2.24) is 4.90 Å². The van der Waals surface area contributed by atoms with Crippen LogP contribution in [0.5, 0.6) is 17.2 Å². The first-order chi connectivity index (χ1) is 13.7. The lowest BCUT2D eigenvalue weighted by atomic mass is 9.66. The topological polar surface area (TPSA) is 51.2 Å². The van der Waals surface area contributed by atoms with Gasteiger partial charge in [0.05, 0.1) is 27.4 Å². The van der Waals surface area contributed by atoms with E-state index in [0.717, 1.165) is 54.3 Å². The SMILES string of the molecule is COc1ccc2c(c1)-c1cc(OC)c(OC)cc1C1CN3CCC[C@H]3[C@@H](O)C21. The van der Waals surface area contributed by atoms with E-state index in [1.807, 2.05) is 6.07 Å². The van der Waals surface area contributed by atoms with Crippen molar-refractivity contribution in [3.63, 3.8) is 0 Å². The molecule has 2 aromatic rings. The minimum absolute atomic E-state index is 0.0888. The Morgan fingerprint density at radius 3 is 2.43 bits per heavy atom. The quantitative estimate of drug-likeness (QED) is 0.883. The van der Waals surface area contributed by atoms with Gasteiger partial charge >= 0.3 is 0 Å². The number of hydrogen-bond donors (Lipinski definition) is 1. The first-order valence-electron chi connectivity index (χ1n) is 10.0. The van der Waals surface area contributed by atoms with Crippen molar-refractivity contribution in [3.8, 4) is 28.4 Å². The predicted molar refractivity (Wildman–Crippen MR) is 108 cm³/mol. The monoisotopic (exact) mass is 381 g/mol. The molecule has 1 aliphatic carbocycles. The normalized spacial score (nSPS) is 28.0. The summed E-state index contributed by atoms with van der Waals surface area (Å²) in [6, 6.07) is 10.7. The van der Waals surface area contributed by atoms with Crippen LogP contribution in [0.2, 0.25) is 0 Å². The van der Waals surface area contributed by atoms with Gasteiger partial charge in [0.25, 0.3) is 0 Å². The van der Waals surface area contributed by atoms with Gasteiger partial charge in [0.1, 0.15) is 5.75 Å². The molecular formula is C23H27NO4. The maximum atomic E-state index is 11.4. The van der Waals surface area contributed by atoms with E-state index in [4.69, 9.17) is 14.2 Å². The van der Waals surface area contributed by atoms with E-state index in [1.54, 1.807) is 21.3 Å². The van der Waals surface area contributed by atoms with Crippen LogP contribution in [0.1, 0.15) is 35.8 Å². The van der Waals surface area contributed by atoms with E-state index in [1.165, 1.54) is 11.1 Å². The minimum Gasteiger partial charge on any atom is -0.497 e. The van der Waals surface area contributed by atoms with E-state index < -0.39 is 0 Å². The zero-order valence-electron chi connectivity index (χ0n) is 16.6. The van der Waals surface area contributed by atoms with Crippen molar-refractivity contribution in [1.29, 1.82) is 0 Å². The summed E-state index contributed by atoms with van der Waals surface area (Å²) in [6.45, 7) is 2.05. The van der Waals surface area contributed by atoms with Gasteiger partial charge in [0.2, 0.25) is 0 Å². The Bertz CT molecular complexity index is 912. The molecule has 1 N–H and O–H groups in total. The van der Waals surface area contributed by atoms with Crippen molar-refractivity contribution in [2.24, 2.45) is 0 Å². The fraction of sp³-hybridized carbons (Fsp3) is 0.478. The zero-order valence-corrected chi connectivity index (χ0v) is 16.6. The van der Waals surface area contributed by atoms with E-state index in [0.29, 0.717) is 0 Å². The molecule has 148 valence electrons. The summed E-state index contributed by atoms with van der Waals surface area (Å²) < 4.78 is 16.7. The molecule has 2 fully saturated rings. The highest BCUT2D eigenvalue weighted by Crippen LogP contribution is 2.55. The molecule has 0 bridgehead atoms. The van der Waals surface area contributed by atoms with Crippen LogP contribution in [-0.2, 0) is 0 Å². The lowest BCUT2D eigenvalue weighted by Crippen LogP contribution is -2.52. The third-order valence-corrected chi connectivity index (χ3v) is 6.91. The highest BCUT2D eigenvalue weighted by atomic mass is 16.5. The average molecular weight is 381 g/mol. The van der Waals surface area contributed by atoms with Crippen LogP contribution in [0.15, 0.2) is 30.3 Å². The molecule has 0 saturated carbocycles. The van der Waals surface area contributed by atoms with Crippen LogP contribution in [0.4, 0.5) is 0 Å². The van der Waals surface area contributed by atoms with Crippen molar-refractivity contribution in [3.05, 3.63) is 41.5 Å². The lowest BCUT2D eigenvalue weighted by molar-refractivity contribution is 0.00405.